The molecule has 0 bridgehead atoms. The molecular formula is C16H18BrNO2. The zero-order valence-corrected chi connectivity index (χ0v) is 13.2. The smallest absolute Gasteiger partial charge is 0.169 e. The van der Waals surface area contributed by atoms with Crippen molar-refractivity contribution in [3.63, 3.8) is 0 Å². The van der Waals surface area contributed by atoms with Crippen LogP contribution in [0.25, 0.3) is 0 Å². The van der Waals surface area contributed by atoms with Crippen LogP contribution in [0.15, 0.2) is 46.9 Å². The third-order valence-electron chi connectivity index (χ3n) is 2.77. The molecule has 0 aliphatic heterocycles. The second-order valence-electron chi connectivity index (χ2n) is 4.27. The van der Waals surface area contributed by atoms with Crippen LogP contribution in [0.1, 0.15) is 12.5 Å². The largest absolute Gasteiger partial charge is 0.490 e. The van der Waals surface area contributed by atoms with Crippen molar-refractivity contribution in [3.8, 4) is 17.2 Å². The normalized spacial score (nSPS) is 10.3. The van der Waals surface area contributed by atoms with Crippen LogP contribution in [0.3, 0.4) is 0 Å². The summed E-state index contributed by atoms with van der Waals surface area (Å²) < 4.78 is 12.5. The molecule has 2 aromatic carbocycles. The minimum Gasteiger partial charge on any atom is -0.490 e. The molecule has 20 heavy (non-hydrogen) atoms. The topological polar surface area (TPSA) is 30.5 Å². The highest BCUT2D eigenvalue weighted by Gasteiger charge is 2.07. The van der Waals surface area contributed by atoms with Gasteiger partial charge >= 0.3 is 0 Å². The van der Waals surface area contributed by atoms with E-state index in [2.05, 4.69) is 21.2 Å². The van der Waals surface area contributed by atoms with E-state index in [4.69, 9.17) is 9.47 Å². The molecule has 0 radical (unpaired) electrons. The van der Waals surface area contributed by atoms with Gasteiger partial charge in [-0.25, -0.2) is 0 Å². The standard InChI is InChI=1S/C16H18BrNO2/c1-3-19-15-6-4-5-7-16(15)20-13-9-8-12(11-18-2)14(17)10-13/h4-10,18H,3,11H2,1-2H3. The average Bonchev–Trinajstić information content (AvgIpc) is 2.44. The van der Waals surface area contributed by atoms with Crippen molar-refractivity contribution in [2.75, 3.05) is 13.7 Å². The van der Waals surface area contributed by atoms with Crippen molar-refractivity contribution in [1.82, 2.24) is 5.32 Å². The Morgan fingerprint density at radius 2 is 1.85 bits per heavy atom. The quantitative estimate of drug-likeness (QED) is 0.850. The SMILES string of the molecule is CCOc1ccccc1Oc1ccc(CNC)c(Br)c1. The maximum absolute atomic E-state index is 5.90. The summed E-state index contributed by atoms with van der Waals surface area (Å²) in [4.78, 5) is 0. The number of hydrogen-bond acceptors (Lipinski definition) is 3. The first-order valence-corrected chi connectivity index (χ1v) is 7.36. The molecular weight excluding hydrogens is 318 g/mol. The number of rotatable bonds is 6. The lowest BCUT2D eigenvalue weighted by Gasteiger charge is -2.12. The van der Waals surface area contributed by atoms with Crippen LogP contribution in [0, 0.1) is 0 Å². The van der Waals surface area contributed by atoms with Gasteiger partial charge in [0.25, 0.3) is 0 Å². The highest BCUT2D eigenvalue weighted by Crippen LogP contribution is 2.33. The molecule has 0 saturated carbocycles. The van der Waals surface area contributed by atoms with E-state index in [1.54, 1.807) is 0 Å². The van der Waals surface area contributed by atoms with E-state index < -0.39 is 0 Å². The number of nitrogens with one attached hydrogen (secondary N) is 1. The number of halogens is 1. The number of ether oxygens (including phenoxy) is 2. The summed E-state index contributed by atoms with van der Waals surface area (Å²) in [6.07, 6.45) is 0. The van der Waals surface area contributed by atoms with Gasteiger partial charge in [-0.2, -0.15) is 0 Å². The molecule has 0 spiro atoms. The molecule has 1 N–H and O–H groups in total. The Hall–Kier alpha value is -1.52. The molecule has 2 rings (SSSR count). The lowest BCUT2D eigenvalue weighted by molar-refractivity contribution is 0.321. The first-order valence-electron chi connectivity index (χ1n) is 6.57. The maximum atomic E-state index is 5.90. The van der Waals surface area contributed by atoms with Gasteiger partial charge in [0.15, 0.2) is 11.5 Å². The lowest BCUT2D eigenvalue weighted by atomic mass is 10.2. The number of para-hydroxylation sites is 2. The summed E-state index contributed by atoms with van der Waals surface area (Å²) in [6, 6.07) is 13.6. The number of hydrogen-bond donors (Lipinski definition) is 1. The van der Waals surface area contributed by atoms with Crippen molar-refractivity contribution in [2.45, 2.75) is 13.5 Å². The third-order valence-corrected chi connectivity index (χ3v) is 3.51. The van der Waals surface area contributed by atoms with E-state index in [-0.39, 0.29) is 0 Å². The molecule has 0 unspecified atom stereocenters. The predicted octanol–water partition coefficient (Wildman–Crippen LogP) is 4.36. The van der Waals surface area contributed by atoms with Crippen LogP contribution in [-0.2, 0) is 6.54 Å². The van der Waals surface area contributed by atoms with Crippen molar-refractivity contribution in [1.29, 1.82) is 0 Å². The van der Waals surface area contributed by atoms with Crippen LogP contribution in [0.4, 0.5) is 0 Å². The molecule has 0 aromatic heterocycles. The van der Waals surface area contributed by atoms with Gasteiger partial charge < -0.3 is 14.8 Å². The molecule has 106 valence electrons. The van der Waals surface area contributed by atoms with E-state index >= 15 is 0 Å². The Morgan fingerprint density at radius 1 is 1.10 bits per heavy atom. The van der Waals surface area contributed by atoms with Gasteiger partial charge in [-0.3, -0.25) is 0 Å². The molecule has 0 fully saturated rings. The van der Waals surface area contributed by atoms with E-state index in [9.17, 15) is 0 Å². The van der Waals surface area contributed by atoms with E-state index in [0.29, 0.717) is 6.61 Å². The van der Waals surface area contributed by atoms with Crippen LogP contribution < -0.4 is 14.8 Å². The third kappa shape index (κ3) is 3.74. The van der Waals surface area contributed by atoms with Crippen LogP contribution in [-0.4, -0.2) is 13.7 Å². The van der Waals surface area contributed by atoms with Gasteiger partial charge in [0, 0.05) is 11.0 Å². The summed E-state index contributed by atoms with van der Waals surface area (Å²) in [7, 11) is 1.93. The Morgan fingerprint density at radius 3 is 2.50 bits per heavy atom. The van der Waals surface area contributed by atoms with Gasteiger partial charge in [-0.05, 0) is 43.8 Å². The molecule has 2 aromatic rings. The molecule has 4 heteroatoms. The molecule has 0 amide bonds. The van der Waals surface area contributed by atoms with Gasteiger partial charge in [-0.1, -0.05) is 34.1 Å². The van der Waals surface area contributed by atoms with E-state index in [0.717, 1.165) is 28.3 Å². The van der Waals surface area contributed by atoms with E-state index in [1.807, 2.05) is 56.4 Å². The van der Waals surface area contributed by atoms with Gasteiger partial charge in [0.05, 0.1) is 6.61 Å². The fourth-order valence-electron chi connectivity index (χ4n) is 1.86. The van der Waals surface area contributed by atoms with Crippen molar-refractivity contribution >= 4 is 15.9 Å². The molecule has 3 nitrogen and oxygen atoms in total. The van der Waals surface area contributed by atoms with Crippen LogP contribution >= 0.6 is 15.9 Å². The molecule has 0 atom stereocenters. The molecule has 0 saturated heterocycles. The van der Waals surface area contributed by atoms with Crippen molar-refractivity contribution in [3.05, 3.63) is 52.5 Å². The molecule has 0 aliphatic carbocycles. The summed E-state index contributed by atoms with van der Waals surface area (Å²) in [5, 5.41) is 3.13. The Labute approximate surface area is 128 Å². The Bertz CT molecular complexity index is 572. The van der Waals surface area contributed by atoms with Crippen LogP contribution in [0.2, 0.25) is 0 Å². The zero-order chi connectivity index (χ0) is 14.4. The van der Waals surface area contributed by atoms with Crippen LogP contribution in [0.5, 0.6) is 17.2 Å². The highest BCUT2D eigenvalue weighted by atomic mass is 79.9. The highest BCUT2D eigenvalue weighted by molar-refractivity contribution is 9.10. The monoisotopic (exact) mass is 335 g/mol. The van der Waals surface area contributed by atoms with E-state index in [1.165, 1.54) is 5.56 Å². The van der Waals surface area contributed by atoms with Crippen molar-refractivity contribution < 1.29 is 9.47 Å². The van der Waals surface area contributed by atoms with Crippen molar-refractivity contribution in [2.24, 2.45) is 0 Å². The minimum absolute atomic E-state index is 0.616. The maximum Gasteiger partial charge on any atom is 0.169 e. The fourth-order valence-corrected chi connectivity index (χ4v) is 2.36. The summed E-state index contributed by atoms with van der Waals surface area (Å²) in [6.45, 7) is 3.39. The second-order valence-corrected chi connectivity index (χ2v) is 5.12. The van der Waals surface area contributed by atoms with Gasteiger partial charge in [-0.15, -0.1) is 0 Å². The summed E-state index contributed by atoms with van der Waals surface area (Å²) in [5.74, 6) is 2.26. The summed E-state index contributed by atoms with van der Waals surface area (Å²) >= 11 is 3.56. The zero-order valence-electron chi connectivity index (χ0n) is 11.7. The first-order chi connectivity index (χ1) is 9.74. The molecule has 0 aliphatic rings. The fraction of sp³-hybridized carbons (Fsp3) is 0.250. The van der Waals surface area contributed by atoms with Gasteiger partial charge in [0.2, 0.25) is 0 Å². The average molecular weight is 336 g/mol. The second kappa shape index (κ2) is 7.31. The lowest BCUT2D eigenvalue weighted by Crippen LogP contribution is -2.05. The Balaban J connectivity index is 2.20. The number of benzene rings is 2. The minimum atomic E-state index is 0.616. The molecule has 0 heterocycles. The first kappa shape index (κ1) is 14.9. The Kier molecular flexibility index (Phi) is 5.44. The summed E-state index contributed by atoms with van der Waals surface area (Å²) in [5.41, 5.74) is 1.19. The van der Waals surface area contributed by atoms with Gasteiger partial charge in [0.1, 0.15) is 5.75 Å². The predicted molar refractivity (Wildman–Crippen MR) is 84.6 cm³/mol.